The Hall–Kier alpha value is -0.830. The maximum absolute atomic E-state index is 11.8. The molecule has 0 heterocycles. The molecule has 0 aromatic heterocycles. The first-order valence-electron chi connectivity index (χ1n) is 5.13. The molecule has 0 fully saturated rings. The highest BCUT2D eigenvalue weighted by Gasteiger charge is 2.18. The van der Waals surface area contributed by atoms with Crippen LogP contribution in [0.25, 0.3) is 0 Å². The number of hydrogen-bond acceptors (Lipinski definition) is 2. The van der Waals surface area contributed by atoms with E-state index >= 15 is 0 Å². The van der Waals surface area contributed by atoms with Crippen molar-refractivity contribution >= 4 is 16.5 Å². The molecule has 1 atom stereocenters. The van der Waals surface area contributed by atoms with Crippen LogP contribution in [-0.4, -0.2) is 14.7 Å². The zero-order chi connectivity index (χ0) is 11.5. The number of para-hydroxylation sites is 1. The molecule has 0 spiro atoms. The highest BCUT2D eigenvalue weighted by atomic mass is 32.2. The van der Waals surface area contributed by atoms with Crippen LogP contribution < -0.4 is 5.73 Å². The molecule has 0 saturated carbocycles. The molecule has 0 saturated heterocycles. The smallest absolute Gasteiger partial charge is 0.0375 e. The van der Waals surface area contributed by atoms with Crippen LogP contribution in [0.3, 0.4) is 0 Å². The van der Waals surface area contributed by atoms with Crippen molar-refractivity contribution in [1.29, 1.82) is 0 Å². The fourth-order valence-corrected chi connectivity index (χ4v) is 2.29. The highest BCUT2D eigenvalue weighted by molar-refractivity contribution is 7.86. The van der Waals surface area contributed by atoms with Gasteiger partial charge in [-0.2, -0.15) is 0 Å². The van der Waals surface area contributed by atoms with Gasteiger partial charge in [0.05, 0.1) is 0 Å². The summed E-state index contributed by atoms with van der Waals surface area (Å²) in [4.78, 5) is 0. The lowest BCUT2D eigenvalue weighted by molar-refractivity contribution is 0.648. The summed E-state index contributed by atoms with van der Waals surface area (Å²) in [5.74, 6) is 0.678. The number of rotatable bonds is 3. The van der Waals surface area contributed by atoms with Crippen LogP contribution >= 0.6 is 0 Å². The van der Waals surface area contributed by atoms with E-state index in [0.717, 1.165) is 17.7 Å². The fourth-order valence-electron chi connectivity index (χ4n) is 1.27. The largest absolute Gasteiger partial charge is 0.399 e. The standard InChI is InChI=1S/C12H19NOS/c1-12(2,3)15(14)9-8-10-6-4-5-7-11(10)13/h4-7H,8-9,13H2,1-3H3. The predicted molar refractivity (Wildman–Crippen MR) is 67.3 cm³/mol. The number of nitrogen functional groups attached to an aromatic ring is 1. The minimum atomic E-state index is -0.802. The Morgan fingerprint density at radius 1 is 1.27 bits per heavy atom. The lowest BCUT2D eigenvalue weighted by Gasteiger charge is -2.17. The lowest BCUT2D eigenvalue weighted by Crippen LogP contribution is -2.24. The Kier molecular flexibility index (Phi) is 3.91. The Balaban J connectivity index is 2.59. The molecule has 1 aromatic rings. The van der Waals surface area contributed by atoms with Gasteiger partial charge in [-0.05, 0) is 38.8 Å². The van der Waals surface area contributed by atoms with Gasteiger partial charge in [0.25, 0.3) is 0 Å². The van der Waals surface area contributed by atoms with Crippen LogP contribution in [0.2, 0.25) is 0 Å². The molecule has 0 radical (unpaired) electrons. The maximum Gasteiger partial charge on any atom is 0.0375 e. The summed E-state index contributed by atoms with van der Waals surface area (Å²) in [5.41, 5.74) is 7.70. The van der Waals surface area contributed by atoms with E-state index in [1.54, 1.807) is 0 Å². The first-order chi connectivity index (χ1) is 6.91. The average Bonchev–Trinajstić information content (AvgIpc) is 2.14. The Morgan fingerprint density at radius 2 is 1.87 bits per heavy atom. The normalized spacial score (nSPS) is 13.8. The summed E-state index contributed by atoms with van der Waals surface area (Å²) >= 11 is 0. The number of benzene rings is 1. The van der Waals surface area contributed by atoms with E-state index in [1.807, 2.05) is 45.0 Å². The third-order valence-electron chi connectivity index (χ3n) is 2.29. The number of nitrogens with two attached hydrogens (primary N) is 1. The van der Waals surface area contributed by atoms with E-state index in [9.17, 15) is 4.21 Å². The van der Waals surface area contributed by atoms with E-state index in [4.69, 9.17) is 5.73 Å². The number of aryl methyl sites for hydroxylation is 1. The molecule has 0 aliphatic rings. The Bertz CT molecular complexity index is 355. The second-order valence-electron chi connectivity index (χ2n) is 4.61. The quantitative estimate of drug-likeness (QED) is 0.802. The first-order valence-corrected chi connectivity index (χ1v) is 6.45. The molecule has 84 valence electrons. The van der Waals surface area contributed by atoms with Crippen LogP contribution in [0.5, 0.6) is 0 Å². The van der Waals surface area contributed by atoms with Gasteiger partial charge >= 0.3 is 0 Å². The van der Waals surface area contributed by atoms with Crippen LogP contribution in [0.15, 0.2) is 24.3 Å². The Morgan fingerprint density at radius 3 is 2.40 bits per heavy atom. The molecule has 1 unspecified atom stereocenters. The second kappa shape index (κ2) is 4.79. The van der Waals surface area contributed by atoms with Crippen molar-refractivity contribution in [1.82, 2.24) is 0 Å². The lowest BCUT2D eigenvalue weighted by atomic mass is 10.1. The minimum Gasteiger partial charge on any atom is -0.399 e. The van der Waals surface area contributed by atoms with Gasteiger partial charge in [-0.25, -0.2) is 0 Å². The number of hydrogen-bond donors (Lipinski definition) is 1. The molecule has 2 nitrogen and oxygen atoms in total. The van der Waals surface area contributed by atoms with Crippen LogP contribution in [-0.2, 0) is 17.2 Å². The van der Waals surface area contributed by atoms with E-state index in [0.29, 0.717) is 5.75 Å². The van der Waals surface area contributed by atoms with E-state index < -0.39 is 10.8 Å². The van der Waals surface area contributed by atoms with Crippen molar-refractivity contribution in [3.63, 3.8) is 0 Å². The van der Waals surface area contributed by atoms with Crippen molar-refractivity contribution in [2.24, 2.45) is 0 Å². The monoisotopic (exact) mass is 225 g/mol. The minimum absolute atomic E-state index is 0.135. The first kappa shape index (κ1) is 12.2. The summed E-state index contributed by atoms with van der Waals surface area (Å²) in [6, 6.07) is 7.76. The molecule has 1 aromatic carbocycles. The summed E-state index contributed by atoms with van der Waals surface area (Å²) in [6.07, 6.45) is 0.788. The zero-order valence-electron chi connectivity index (χ0n) is 9.62. The SMILES string of the molecule is CC(C)(C)S(=O)CCc1ccccc1N. The Labute approximate surface area is 94.3 Å². The molecule has 0 bridgehead atoms. The molecule has 0 aliphatic carbocycles. The molecule has 15 heavy (non-hydrogen) atoms. The van der Waals surface area contributed by atoms with Crippen molar-refractivity contribution in [3.8, 4) is 0 Å². The fraction of sp³-hybridized carbons (Fsp3) is 0.500. The summed E-state index contributed by atoms with van der Waals surface area (Å²) < 4.78 is 11.7. The summed E-state index contributed by atoms with van der Waals surface area (Å²) in [7, 11) is -0.802. The van der Waals surface area contributed by atoms with Crippen LogP contribution in [0, 0.1) is 0 Å². The average molecular weight is 225 g/mol. The molecule has 0 aliphatic heterocycles. The van der Waals surface area contributed by atoms with Crippen molar-refractivity contribution in [2.45, 2.75) is 31.9 Å². The highest BCUT2D eigenvalue weighted by Crippen LogP contribution is 2.16. The number of anilines is 1. The van der Waals surface area contributed by atoms with Gasteiger partial charge in [0.1, 0.15) is 0 Å². The van der Waals surface area contributed by atoms with Crippen molar-refractivity contribution < 1.29 is 4.21 Å². The molecular formula is C12H19NOS. The van der Waals surface area contributed by atoms with E-state index in [2.05, 4.69) is 0 Å². The van der Waals surface area contributed by atoms with E-state index in [-0.39, 0.29) is 4.75 Å². The molecule has 1 rings (SSSR count). The summed E-state index contributed by atoms with van der Waals surface area (Å²) in [5, 5.41) is 0. The van der Waals surface area contributed by atoms with Crippen molar-refractivity contribution in [2.75, 3.05) is 11.5 Å². The third kappa shape index (κ3) is 3.67. The topological polar surface area (TPSA) is 43.1 Å². The van der Waals surface area contributed by atoms with Gasteiger partial charge in [-0.1, -0.05) is 18.2 Å². The molecule has 2 N–H and O–H groups in total. The molecule has 0 amide bonds. The van der Waals surface area contributed by atoms with Crippen molar-refractivity contribution in [3.05, 3.63) is 29.8 Å². The van der Waals surface area contributed by atoms with Gasteiger partial charge in [0.15, 0.2) is 0 Å². The zero-order valence-corrected chi connectivity index (χ0v) is 10.4. The van der Waals surface area contributed by atoms with Gasteiger partial charge in [0, 0.05) is 27.0 Å². The van der Waals surface area contributed by atoms with Gasteiger partial charge in [0.2, 0.25) is 0 Å². The molecule has 3 heteroatoms. The van der Waals surface area contributed by atoms with Gasteiger partial charge in [-0.3, -0.25) is 4.21 Å². The second-order valence-corrected chi connectivity index (χ2v) is 6.93. The molecular weight excluding hydrogens is 206 g/mol. The predicted octanol–water partition coefficient (Wildman–Crippen LogP) is 2.36. The van der Waals surface area contributed by atoms with Gasteiger partial charge < -0.3 is 5.73 Å². The maximum atomic E-state index is 11.8. The third-order valence-corrected chi connectivity index (χ3v) is 4.24. The summed E-state index contributed by atoms with van der Waals surface area (Å²) in [6.45, 7) is 5.99. The van der Waals surface area contributed by atoms with Crippen LogP contribution in [0.1, 0.15) is 26.3 Å². The van der Waals surface area contributed by atoms with Crippen LogP contribution in [0.4, 0.5) is 5.69 Å². The van der Waals surface area contributed by atoms with E-state index in [1.165, 1.54) is 0 Å². The van der Waals surface area contributed by atoms with Gasteiger partial charge in [-0.15, -0.1) is 0 Å².